The van der Waals surface area contributed by atoms with Gasteiger partial charge in [0.05, 0.1) is 6.61 Å². The molecule has 1 saturated carbocycles. The van der Waals surface area contributed by atoms with E-state index < -0.39 is 0 Å². The smallest absolute Gasteiger partial charge is 0.325 e. The third kappa shape index (κ3) is 8.97. The average Bonchev–Trinajstić information content (AvgIpc) is 2.57. The molecule has 1 aliphatic rings. The molecule has 0 spiro atoms. The molecule has 0 bridgehead atoms. The molecule has 134 valence electrons. The highest BCUT2D eigenvalue weighted by molar-refractivity contribution is 5.83. The first-order valence-corrected chi connectivity index (χ1v) is 9.55. The molecule has 0 aromatic heterocycles. The lowest BCUT2D eigenvalue weighted by Gasteiger charge is -2.25. The summed E-state index contributed by atoms with van der Waals surface area (Å²) >= 11 is 0. The van der Waals surface area contributed by atoms with Crippen LogP contribution in [-0.4, -0.2) is 37.0 Å². The molecule has 0 aromatic rings. The fourth-order valence-corrected chi connectivity index (χ4v) is 3.22. The van der Waals surface area contributed by atoms with E-state index in [9.17, 15) is 9.59 Å². The lowest BCUT2D eigenvalue weighted by molar-refractivity contribution is -0.150. The summed E-state index contributed by atoms with van der Waals surface area (Å²) in [4.78, 5) is 25.6. The number of hydrogen-bond acceptors (Lipinski definition) is 3. The molecular formula is C19H35NO3. The van der Waals surface area contributed by atoms with E-state index in [1.807, 2.05) is 0 Å². The number of amides is 1. The van der Waals surface area contributed by atoms with Crippen molar-refractivity contribution in [1.29, 1.82) is 0 Å². The van der Waals surface area contributed by atoms with Gasteiger partial charge in [0.2, 0.25) is 5.91 Å². The van der Waals surface area contributed by atoms with E-state index >= 15 is 0 Å². The van der Waals surface area contributed by atoms with E-state index in [0.29, 0.717) is 6.61 Å². The summed E-state index contributed by atoms with van der Waals surface area (Å²) in [6.45, 7) is 2.79. The number of ether oxygens (including phenoxy) is 1. The van der Waals surface area contributed by atoms with Crippen molar-refractivity contribution in [3.63, 3.8) is 0 Å². The highest BCUT2D eigenvalue weighted by Crippen LogP contribution is 2.25. The molecule has 4 nitrogen and oxygen atoms in total. The molecule has 0 unspecified atom stereocenters. The molecule has 0 aliphatic heterocycles. The number of carbonyl (C=O) groups excluding carboxylic acids is 2. The second kappa shape index (κ2) is 12.4. The van der Waals surface area contributed by atoms with Gasteiger partial charge >= 0.3 is 5.97 Å². The number of carbonyl (C=O) groups is 2. The Hall–Kier alpha value is -1.06. The van der Waals surface area contributed by atoms with Gasteiger partial charge in [0, 0.05) is 13.0 Å². The van der Waals surface area contributed by atoms with Gasteiger partial charge in [-0.25, -0.2) is 0 Å². The fourth-order valence-electron chi connectivity index (χ4n) is 3.22. The van der Waals surface area contributed by atoms with Gasteiger partial charge in [0.15, 0.2) is 0 Å². The molecule has 1 fully saturated rings. The summed E-state index contributed by atoms with van der Waals surface area (Å²) < 4.78 is 5.25. The van der Waals surface area contributed by atoms with Crippen LogP contribution in [0.1, 0.15) is 84.0 Å². The van der Waals surface area contributed by atoms with Crippen LogP contribution in [0.5, 0.6) is 0 Å². The van der Waals surface area contributed by atoms with Crippen LogP contribution in [0.2, 0.25) is 0 Å². The van der Waals surface area contributed by atoms with E-state index in [-0.39, 0.29) is 24.3 Å². The minimum Gasteiger partial charge on any atom is -0.464 e. The zero-order valence-electron chi connectivity index (χ0n) is 15.1. The van der Waals surface area contributed by atoms with Crippen molar-refractivity contribution in [2.24, 2.45) is 5.92 Å². The monoisotopic (exact) mass is 325 g/mol. The van der Waals surface area contributed by atoms with Crippen molar-refractivity contribution in [1.82, 2.24) is 4.90 Å². The van der Waals surface area contributed by atoms with Crippen LogP contribution in [0.25, 0.3) is 0 Å². The van der Waals surface area contributed by atoms with Gasteiger partial charge in [0.25, 0.3) is 0 Å². The minimum absolute atomic E-state index is 0.0891. The number of hydrogen-bond donors (Lipinski definition) is 0. The van der Waals surface area contributed by atoms with E-state index in [2.05, 4.69) is 6.92 Å². The maximum atomic E-state index is 12.3. The van der Waals surface area contributed by atoms with E-state index in [4.69, 9.17) is 4.74 Å². The lowest BCUT2D eigenvalue weighted by atomic mass is 9.88. The Morgan fingerprint density at radius 2 is 1.57 bits per heavy atom. The molecule has 1 amide bonds. The van der Waals surface area contributed by atoms with Gasteiger partial charge in [-0.15, -0.1) is 0 Å². The summed E-state index contributed by atoms with van der Waals surface area (Å²) in [7, 11) is 1.71. The van der Waals surface area contributed by atoms with Crippen LogP contribution in [-0.2, 0) is 14.3 Å². The molecule has 0 atom stereocenters. The van der Waals surface area contributed by atoms with Crippen LogP contribution in [0, 0.1) is 5.92 Å². The quantitative estimate of drug-likeness (QED) is 0.420. The van der Waals surface area contributed by atoms with Crippen molar-refractivity contribution in [2.45, 2.75) is 84.0 Å². The highest BCUT2D eigenvalue weighted by Gasteiger charge is 2.25. The maximum absolute atomic E-state index is 12.3. The van der Waals surface area contributed by atoms with Crippen molar-refractivity contribution in [3.8, 4) is 0 Å². The van der Waals surface area contributed by atoms with Crippen molar-refractivity contribution in [3.05, 3.63) is 0 Å². The zero-order valence-corrected chi connectivity index (χ0v) is 15.1. The highest BCUT2D eigenvalue weighted by atomic mass is 16.5. The number of nitrogens with zero attached hydrogens (tertiary/aromatic N) is 1. The Morgan fingerprint density at radius 1 is 0.957 bits per heavy atom. The predicted molar refractivity (Wildman–Crippen MR) is 93.2 cm³/mol. The number of likely N-dealkylation sites (N-methyl/N-ethyl adjacent to an activating group) is 1. The number of esters is 1. The second-order valence-electron chi connectivity index (χ2n) is 6.87. The summed E-state index contributed by atoms with van der Waals surface area (Å²) in [5, 5.41) is 0. The lowest BCUT2D eigenvalue weighted by Crippen LogP contribution is -2.38. The van der Waals surface area contributed by atoms with Gasteiger partial charge in [-0.3, -0.25) is 9.59 Å². The van der Waals surface area contributed by atoms with Crippen LogP contribution >= 0.6 is 0 Å². The Bertz CT molecular complexity index is 338. The molecule has 4 heteroatoms. The van der Waals surface area contributed by atoms with E-state index in [1.165, 1.54) is 38.5 Å². The fraction of sp³-hybridized carbons (Fsp3) is 0.895. The molecule has 0 saturated heterocycles. The van der Waals surface area contributed by atoms with E-state index in [1.54, 1.807) is 11.9 Å². The Labute approximate surface area is 141 Å². The molecule has 0 radical (unpaired) electrons. The largest absolute Gasteiger partial charge is 0.464 e. The van der Waals surface area contributed by atoms with Crippen molar-refractivity contribution < 1.29 is 14.3 Å². The molecule has 1 rings (SSSR count). The second-order valence-corrected chi connectivity index (χ2v) is 6.87. The standard InChI is InChI=1S/C19H35NO3/c1-3-4-5-6-7-8-12-15-23-18(21)16-20(2)19(22)17-13-10-9-11-14-17/h17H,3-16H2,1-2H3. The zero-order chi connectivity index (χ0) is 16.9. The van der Waals surface area contributed by atoms with Crippen LogP contribution in [0.4, 0.5) is 0 Å². The van der Waals surface area contributed by atoms with Crippen LogP contribution in [0.3, 0.4) is 0 Å². The maximum Gasteiger partial charge on any atom is 0.325 e. The number of unbranched alkanes of at least 4 members (excludes halogenated alkanes) is 6. The molecular weight excluding hydrogens is 290 g/mol. The number of rotatable bonds is 11. The van der Waals surface area contributed by atoms with Gasteiger partial charge in [0.1, 0.15) is 6.54 Å². The first kappa shape index (κ1) is 20.0. The Kier molecular flexibility index (Phi) is 10.8. The minimum atomic E-state index is -0.275. The molecule has 0 heterocycles. The van der Waals surface area contributed by atoms with Crippen LogP contribution in [0.15, 0.2) is 0 Å². The third-order valence-corrected chi connectivity index (χ3v) is 4.71. The molecule has 23 heavy (non-hydrogen) atoms. The van der Waals surface area contributed by atoms with Crippen molar-refractivity contribution in [2.75, 3.05) is 20.2 Å². The Morgan fingerprint density at radius 3 is 2.22 bits per heavy atom. The molecule has 0 N–H and O–H groups in total. The van der Waals surface area contributed by atoms with Gasteiger partial charge in [-0.1, -0.05) is 64.7 Å². The summed E-state index contributed by atoms with van der Waals surface area (Å²) in [5.41, 5.74) is 0. The molecule has 1 aliphatic carbocycles. The van der Waals surface area contributed by atoms with Gasteiger partial charge in [-0.2, -0.15) is 0 Å². The first-order chi connectivity index (χ1) is 11.1. The first-order valence-electron chi connectivity index (χ1n) is 9.55. The topological polar surface area (TPSA) is 46.6 Å². The summed E-state index contributed by atoms with van der Waals surface area (Å²) in [5.74, 6) is -0.0510. The summed E-state index contributed by atoms with van der Waals surface area (Å²) in [6, 6.07) is 0. The Balaban J connectivity index is 2.05. The predicted octanol–water partition coefficient (Wildman–Crippen LogP) is 4.32. The molecule has 0 aromatic carbocycles. The van der Waals surface area contributed by atoms with E-state index in [0.717, 1.165) is 38.5 Å². The normalized spacial score (nSPS) is 15.4. The summed E-state index contributed by atoms with van der Waals surface area (Å²) in [6.07, 6.45) is 13.9. The van der Waals surface area contributed by atoms with Crippen LogP contribution < -0.4 is 0 Å². The SMILES string of the molecule is CCCCCCCCCOC(=O)CN(C)C(=O)C1CCCCC1. The van der Waals surface area contributed by atoms with Gasteiger partial charge in [-0.05, 0) is 19.3 Å². The average molecular weight is 325 g/mol. The van der Waals surface area contributed by atoms with Crippen molar-refractivity contribution >= 4 is 11.9 Å². The third-order valence-electron chi connectivity index (χ3n) is 4.71. The van der Waals surface area contributed by atoms with Gasteiger partial charge < -0.3 is 9.64 Å².